The largest absolute Gasteiger partial charge is 0.363 e. The van der Waals surface area contributed by atoms with E-state index in [1.165, 1.54) is 5.70 Å². The molecule has 0 aliphatic carbocycles. The first-order chi connectivity index (χ1) is 4.25. The van der Waals surface area contributed by atoms with Crippen LogP contribution in [0.3, 0.4) is 0 Å². The van der Waals surface area contributed by atoms with Gasteiger partial charge in [0, 0.05) is 12.2 Å². The molecular formula is C7H13NS. The highest BCUT2D eigenvalue weighted by Crippen LogP contribution is 2.28. The fraction of sp³-hybridized carbons (Fsp3) is 0.714. The van der Waals surface area contributed by atoms with Gasteiger partial charge in [-0.15, -0.1) is 11.8 Å². The van der Waals surface area contributed by atoms with Gasteiger partial charge in [-0.3, -0.25) is 0 Å². The summed E-state index contributed by atoms with van der Waals surface area (Å²) in [6, 6.07) is 0. The van der Waals surface area contributed by atoms with E-state index < -0.39 is 0 Å². The van der Waals surface area contributed by atoms with Gasteiger partial charge in [0.2, 0.25) is 0 Å². The molecule has 0 saturated carbocycles. The smallest absolute Gasteiger partial charge is 0.0760 e. The fourth-order valence-electron chi connectivity index (χ4n) is 1.13. The van der Waals surface area contributed by atoms with Crippen LogP contribution in [0.2, 0.25) is 0 Å². The molecule has 1 aliphatic rings. The third-order valence-corrected chi connectivity index (χ3v) is 2.79. The summed E-state index contributed by atoms with van der Waals surface area (Å²) in [7, 11) is 0. The van der Waals surface area contributed by atoms with E-state index in [0.29, 0.717) is 5.37 Å². The van der Waals surface area contributed by atoms with Crippen molar-refractivity contribution in [3.8, 4) is 0 Å². The summed E-state index contributed by atoms with van der Waals surface area (Å²) < 4.78 is 0. The standard InChI is InChI=1S/C7H13NS/c1-4-8-6(2)5-9-7(8)3/h5,7H,4H2,1-3H3. The van der Waals surface area contributed by atoms with Gasteiger partial charge in [-0.2, -0.15) is 0 Å². The SMILES string of the molecule is CCN1C(C)=CSC1C. The van der Waals surface area contributed by atoms with Crippen LogP contribution in [0.5, 0.6) is 0 Å². The van der Waals surface area contributed by atoms with Crippen molar-refractivity contribution in [1.29, 1.82) is 0 Å². The molecule has 0 radical (unpaired) electrons. The zero-order valence-corrected chi connectivity index (χ0v) is 7.03. The Morgan fingerprint density at radius 2 is 2.44 bits per heavy atom. The van der Waals surface area contributed by atoms with Gasteiger partial charge in [0.15, 0.2) is 0 Å². The van der Waals surface area contributed by atoms with Crippen LogP contribution in [0.1, 0.15) is 20.8 Å². The van der Waals surface area contributed by atoms with Gasteiger partial charge in [-0.05, 0) is 26.2 Å². The van der Waals surface area contributed by atoms with E-state index >= 15 is 0 Å². The highest BCUT2D eigenvalue weighted by molar-refractivity contribution is 8.02. The highest BCUT2D eigenvalue weighted by Gasteiger charge is 2.16. The minimum absolute atomic E-state index is 0.662. The van der Waals surface area contributed by atoms with Crippen LogP contribution in [0.4, 0.5) is 0 Å². The number of nitrogens with zero attached hydrogens (tertiary/aromatic N) is 1. The predicted octanol–water partition coefficient (Wildman–Crippen LogP) is 2.26. The quantitative estimate of drug-likeness (QED) is 0.554. The van der Waals surface area contributed by atoms with Crippen molar-refractivity contribution in [3.63, 3.8) is 0 Å². The second-order valence-corrected chi connectivity index (χ2v) is 3.47. The number of thioether (sulfide) groups is 1. The summed E-state index contributed by atoms with van der Waals surface area (Å²) in [5.41, 5.74) is 1.41. The summed E-state index contributed by atoms with van der Waals surface area (Å²) in [6.07, 6.45) is 0. The first kappa shape index (κ1) is 7.00. The Bertz CT molecular complexity index is 131. The van der Waals surface area contributed by atoms with E-state index in [0.717, 1.165) is 6.54 Å². The van der Waals surface area contributed by atoms with E-state index in [9.17, 15) is 0 Å². The lowest BCUT2D eigenvalue weighted by Gasteiger charge is -2.22. The lowest BCUT2D eigenvalue weighted by molar-refractivity contribution is 0.366. The van der Waals surface area contributed by atoms with Gasteiger partial charge >= 0.3 is 0 Å². The number of hydrogen-bond acceptors (Lipinski definition) is 2. The zero-order valence-electron chi connectivity index (χ0n) is 6.22. The van der Waals surface area contributed by atoms with E-state index in [-0.39, 0.29) is 0 Å². The van der Waals surface area contributed by atoms with Crippen LogP contribution in [-0.4, -0.2) is 16.8 Å². The Kier molecular flexibility index (Phi) is 2.06. The maximum absolute atomic E-state index is 2.39. The first-order valence-electron chi connectivity index (χ1n) is 3.34. The molecule has 0 aromatic heterocycles. The lowest BCUT2D eigenvalue weighted by Crippen LogP contribution is -2.24. The normalized spacial score (nSPS) is 26.8. The van der Waals surface area contributed by atoms with Crippen LogP contribution >= 0.6 is 11.8 Å². The second-order valence-electron chi connectivity index (χ2n) is 2.28. The summed E-state index contributed by atoms with van der Waals surface area (Å²) in [6.45, 7) is 7.73. The Morgan fingerprint density at radius 1 is 1.78 bits per heavy atom. The molecule has 0 aromatic carbocycles. The molecule has 1 unspecified atom stereocenters. The molecule has 1 atom stereocenters. The fourth-order valence-corrected chi connectivity index (χ4v) is 2.12. The van der Waals surface area contributed by atoms with Crippen LogP contribution in [0, 0.1) is 0 Å². The van der Waals surface area contributed by atoms with Gasteiger partial charge in [0.05, 0.1) is 5.37 Å². The first-order valence-corrected chi connectivity index (χ1v) is 4.29. The summed E-state index contributed by atoms with van der Waals surface area (Å²) >= 11 is 1.90. The maximum Gasteiger partial charge on any atom is 0.0760 e. The molecule has 0 N–H and O–H groups in total. The van der Waals surface area contributed by atoms with Crippen LogP contribution < -0.4 is 0 Å². The van der Waals surface area contributed by atoms with Crippen LogP contribution in [0.25, 0.3) is 0 Å². The molecule has 0 aromatic rings. The Morgan fingerprint density at radius 3 is 2.67 bits per heavy atom. The Labute approximate surface area is 61.1 Å². The summed E-state index contributed by atoms with van der Waals surface area (Å²) in [5, 5.41) is 2.89. The van der Waals surface area contributed by atoms with Gasteiger partial charge in [-0.1, -0.05) is 0 Å². The molecule has 0 saturated heterocycles. The number of rotatable bonds is 1. The minimum atomic E-state index is 0.662. The van der Waals surface area contributed by atoms with Crippen molar-refractivity contribution in [2.75, 3.05) is 6.54 Å². The molecule has 1 aliphatic heterocycles. The minimum Gasteiger partial charge on any atom is -0.363 e. The Hall–Kier alpha value is -0.110. The maximum atomic E-state index is 2.39. The van der Waals surface area contributed by atoms with E-state index in [1.54, 1.807) is 0 Å². The molecule has 2 heteroatoms. The number of allylic oxidation sites excluding steroid dienone is 1. The van der Waals surface area contributed by atoms with Gasteiger partial charge in [0.25, 0.3) is 0 Å². The zero-order chi connectivity index (χ0) is 6.85. The molecule has 1 nitrogen and oxygen atoms in total. The van der Waals surface area contributed by atoms with Crippen molar-refractivity contribution in [3.05, 3.63) is 11.1 Å². The molecule has 0 spiro atoms. The lowest BCUT2D eigenvalue weighted by atomic mass is 10.4. The van der Waals surface area contributed by atoms with Crippen molar-refractivity contribution in [1.82, 2.24) is 4.90 Å². The van der Waals surface area contributed by atoms with Gasteiger partial charge in [0.1, 0.15) is 0 Å². The molecule has 0 fully saturated rings. The van der Waals surface area contributed by atoms with E-state index in [2.05, 4.69) is 31.1 Å². The number of hydrogen-bond donors (Lipinski definition) is 0. The van der Waals surface area contributed by atoms with Gasteiger partial charge in [-0.25, -0.2) is 0 Å². The molecule has 52 valence electrons. The molecule has 1 heterocycles. The summed E-state index contributed by atoms with van der Waals surface area (Å²) in [5.74, 6) is 0. The topological polar surface area (TPSA) is 3.24 Å². The van der Waals surface area contributed by atoms with E-state index in [1.807, 2.05) is 11.8 Å². The second kappa shape index (κ2) is 2.65. The monoisotopic (exact) mass is 143 g/mol. The average Bonchev–Trinajstić information content (AvgIpc) is 2.12. The Balaban J connectivity index is 2.57. The third-order valence-electron chi connectivity index (χ3n) is 1.67. The van der Waals surface area contributed by atoms with Crippen LogP contribution in [0.15, 0.2) is 11.1 Å². The van der Waals surface area contributed by atoms with Crippen molar-refractivity contribution in [2.45, 2.75) is 26.1 Å². The van der Waals surface area contributed by atoms with Gasteiger partial charge < -0.3 is 4.90 Å². The molecule has 9 heavy (non-hydrogen) atoms. The summed E-state index contributed by atoms with van der Waals surface area (Å²) in [4.78, 5) is 2.39. The van der Waals surface area contributed by atoms with Crippen molar-refractivity contribution in [2.24, 2.45) is 0 Å². The predicted molar refractivity (Wildman–Crippen MR) is 43.2 cm³/mol. The van der Waals surface area contributed by atoms with Crippen molar-refractivity contribution < 1.29 is 0 Å². The molecular weight excluding hydrogens is 130 g/mol. The van der Waals surface area contributed by atoms with E-state index in [4.69, 9.17) is 0 Å². The average molecular weight is 143 g/mol. The molecule has 0 bridgehead atoms. The highest BCUT2D eigenvalue weighted by atomic mass is 32.2. The van der Waals surface area contributed by atoms with Crippen LogP contribution in [-0.2, 0) is 0 Å². The third kappa shape index (κ3) is 1.23. The van der Waals surface area contributed by atoms with Crippen molar-refractivity contribution >= 4 is 11.8 Å². The molecule has 0 amide bonds. The molecule has 1 rings (SSSR count).